The second kappa shape index (κ2) is 2.66. The molecule has 0 amide bonds. The minimum absolute atomic E-state index is 0.393. The topological polar surface area (TPSA) is 70.8 Å². The van der Waals surface area contributed by atoms with Crippen molar-refractivity contribution >= 4 is 11.9 Å². The second-order valence-corrected chi connectivity index (χ2v) is 3.36. The molecule has 2 rings (SSSR count). The lowest BCUT2D eigenvalue weighted by atomic mass is 10.2. The highest BCUT2D eigenvalue weighted by atomic mass is 15.4. The van der Waals surface area contributed by atoms with Crippen LogP contribution in [0.3, 0.4) is 0 Å². The Morgan fingerprint density at radius 1 is 1.67 bits per heavy atom. The molecule has 0 spiro atoms. The zero-order valence-electron chi connectivity index (χ0n) is 7.12. The van der Waals surface area contributed by atoms with Gasteiger partial charge in [-0.15, -0.1) is 5.10 Å². The van der Waals surface area contributed by atoms with Gasteiger partial charge in [0.05, 0.1) is 0 Å². The largest absolute Gasteiger partial charge is 0.368 e. The van der Waals surface area contributed by atoms with Crippen LogP contribution in [0.1, 0.15) is 13.3 Å². The summed E-state index contributed by atoms with van der Waals surface area (Å²) in [6.07, 6.45) is 1.22. The van der Waals surface area contributed by atoms with E-state index in [0.29, 0.717) is 5.95 Å². The van der Waals surface area contributed by atoms with Crippen LogP contribution in [0.15, 0.2) is 0 Å². The summed E-state index contributed by atoms with van der Waals surface area (Å²) >= 11 is 0. The molecule has 1 aromatic rings. The molecule has 5 nitrogen and oxygen atoms in total. The first-order valence-corrected chi connectivity index (χ1v) is 4.18. The number of nitrogens with one attached hydrogen (secondary N) is 1. The zero-order valence-corrected chi connectivity index (χ0v) is 7.12. The summed E-state index contributed by atoms with van der Waals surface area (Å²) < 4.78 is 0. The van der Waals surface area contributed by atoms with Crippen LogP contribution in [-0.2, 0) is 0 Å². The van der Waals surface area contributed by atoms with Crippen molar-refractivity contribution in [2.75, 3.05) is 23.7 Å². The van der Waals surface area contributed by atoms with Gasteiger partial charge in [0.1, 0.15) is 0 Å². The lowest BCUT2D eigenvalue weighted by Crippen LogP contribution is -2.20. The van der Waals surface area contributed by atoms with Crippen molar-refractivity contribution in [1.29, 1.82) is 0 Å². The van der Waals surface area contributed by atoms with E-state index in [-0.39, 0.29) is 0 Å². The molecule has 66 valence electrons. The first kappa shape index (κ1) is 7.39. The van der Waals surface area contributed by atoms with E-state index in [1.807, 2.05) is 0 Å². The maximum Gasteiger partial charge on any atom is 0.246 e. The van der Waals surface area contributed by atoms with Gasteiger partial charge >= 0.3 is 0 Å². The Balaban J connectivity index is 2.11. The van der Waals surface area contributed by atoms with Crippen molar-refractivity contribution in [1.82, 2.24) is 15.2 Å². The predicted molar refractivity (Wildman–Crippen MR) is 46.8 cm³/mol. The molecule has 0 aliphatic carbocycles. The van der Waals surface area contributed by atoms with Crippen LogP contribution in [0.5, 0.6) is 0 Å². The van der Waals surface area contributed by atoms with Crippen LogP contribution in [0.4, 0.5) is 11.9 Å². The highest BCUT2D eigenvalue weighted by molar-refractivity contribution is 5.34. The van der Waals surface area contributed by atoms with Crippen LogP contribution in [0.2, 0.25) is 0 Å². The molecule has 1 aromatic heterocycles. The van der Waals surface area contributed by atoms with Crippen molar-refractivity contribution in [3.63, 3.8) is 0 Å². The number of H-pyrrole nitrogens is 1. The average molecular weight is 167 g/mol. The van der Waals surface area contributed by atoms with Gasteiger partial charge in [-0.05, 0) is 12.3 Å². The minimum Gasteiger partial charge on any atom is -0.368 e. The highest BCUT2D eigenvalue weighted by Gasteiger charge is 2.21. The molecule has 2 heterocycles. The number of nitrogens with zero attached hydrogens (tertiary/aromatic N) is 3. The van der Waals surface area contributed by atoms with E-state index in [0.717, 1.165) is 25.0 Å². The van der Waals surface area contributed by atoms with Gasteiger partial charge < -0.3 is 10.6 Å². The number of hydrogen-bond acceptors (Lipinski definition) is 4. The molecule has 1 aliphatic rings. The number of anilines is 2. The normalized spacial score (nSPS) is 23.4. The Kier molecular flexibility index (Phi) is 1.64. The van der Waals surface area contributed by atoms with Crippen molar-refractivity contribution in [2.45, 2.75) is 13.3 Å². The number of hydrogen-bond donors (Lipinski definition) is 2. The third-order valence-corrected chi connectivity index (χ3v) is 2.20. The molecule has 1 saturated heterocycles. The predicted octanol–water partition coefficient (Wildman–Crippen LogP) is 0.233. The van der Waals surface area contributed by atoms with Crippen LogP contribution < -0.4 is 10.6 Å². The third-order valence-electron chi connectivity index (χ3n) is 2.20. The van der Waals surface area contributed by atoms with Crippen LogP contribution in [0, 0.1) is 5.92 Å². The molecule has 0 saturated carbocycles. The molecule has 0 radical (unpaired) electrons. The van der Waals surface area contributed by atoms with Crippen molar-refractivity contribution in [3.8, 4) is 0 Å². The first-order chi connectivity index (χ1) is 5.75. The monoisotopic (exact) mass is 167 g/mol. The van der Waals surface area contributed by atoms with Crippen LogP contribution in [-0.4, -0.2) is 28.3 Å². The number of nitrogen functional groups attached to an aromatic ring is 1. The standard InChI is InChI=1S/C7H13N5/c1-5-2-3-12(4-5)7-9-6(8)10-11-7/h5H,2-4H2,1H3,(H3,8,9,10,11). The zero-order chi connectivity index (χ0) is 8.55. The van der Waals surface area contributed by atoms with E-state index < -0.39 is 0 Å². The quantitative estimate of drug-likeness (QED) is 0.628. The van der Waals surface area contributed by atoms with Gasteiger partial charge in [-0.25, -0.2) is 5.10 Å². The maximum atomic E-state index is 5.43. The van der Waals surface area contributed by atoms with Gasteiger partial charge in [-0.3, -0.25) is 0 Å². The smallest absolute Gasteiger partial charge is 0.246 e. The van der Waals surface area contributed by atoms with E-state index in [1.165, 1.54) is 6.42 Å². The van der Waals surface area contributed by atoms with Crippen molar-refractivity contribution in [3.05, 3.63) is 0 Å². The Morgan fingerprint density at radius 2 is 2.50 bits per heavy atom. The van der Waals surface area contributed by atoms with Gasteiger partial charge in [0.25, 0.3) is 0 Å². The highest BCUT2D eigenvalue weighted by Crippen LogP contribution is 2.19. The SMILES string of the molecule is CC1CCN(c2n[nH]c(N)n2)C1. The number of aromatic amines is 1. The molecule has 0 bridgehead atoms. The summed E-state index contributed by atoms with van der Waals surface area (Å²) in [5, 5.41) is 6.63. The summed E-state index contributed by atoms with van der Waals surface area (Å²) in [5.41, 5.74) is 5.43. The van der Waals surface area contributed by atoms with Crippen LogP contribution >= 0.6 is 0 Å². The Hall–Kier alpha value is -1.26. The van der Waals surface area contributed by atoms with Gasteiger partial charge in [0, 0.05) is 13.1 Å². The van der Waals surface area contributed by atoms with E-state index in [9.17, 15) is 0 Å². The molecule has 1 fully saturated rings. The van der Waals surface area contributed by atoms with Gasteiger partial charge in [0.15, 0.2) is 0 Å². The fourth-order valence-corrected chi connectivity index (χ4v) is 1.52. The molecule has 12 heavy (non-hydrogen) atoms. The summed E-state index contributed by atoms with van der Waals surface area (Å²) in [6, 6.07) is 0. The minimum atomic E-state index is 0.393. The molecule has 5 heteroatoms. The summed E-state index contributed by atoms with van der Waals surface area (Å²) in [7, 11) is 0. The van der Waals surface area contributed by atoms with E-state index in [1.54, 1.807) is 0 Å². The molecule has 0 aromatic carbocycles. The Morgan fingerprint density at radius 3 is 3.00 bits per heavy atom. The molecular weight excluding hydrogens is 154 g/mol. The second-order valence-electron chi connectivity index (χ2n) is 3.36. The van der Waals surface area contributed by atoms with Crippen molar-refractivity contribution in [2.24, 2.45) is 5.92 Å². The van der Waals surface area contributed by atoms with E-state index in [2.05, 4.69) is 27.0 Å². The fourth-order valence-electron chi connectivity index (χ4n) is 1.52. The summed E-state index contributed by atoms with van der Waals surface area (Å²) in [4.78, 5) is 6.21. The fraction of sp³-hybridized carbons (Fsp3) is 0.714. The maximum absolute atomic E-state index is 5.43. The van der Waals surface area contributed by atoms with Gasteiger partial charge in [0.2, 0.25) is 11.9 Å². The first-order valence-electron chi connectivity index (χ1n) is 4.18. The molecule has 3 N–H and O–H groups in total. The number of rotatable bonds is 1. The number of nitrogens with two attached hydrogens (primary N) is 1. The van der Waals surface area contributed by atoms with Gasteiger partial charge in [-0.2, -0.15) is 4.98 Å². The molecule has 1 aliphatic heterocycles. The van der Waals surface area contributed by atoms with Crippen molar-refractivity contribution < 1.29 is 0 Å². The molecular formula is C7H13N5. The molecule has 1 unspecified atom stereocenters. The number of aromatic nitrogens is 3. The molecule has 1 atom stereocenters. The van der Waals surface area contributed by atoms with E-state index in [4.69, 9.17) is 5.73 Å². The summed E-state index contributed by atoms with van der Waals surface area (Å²) in [6.45, 7) is 4.31. The lowest BCUT2D eigenvalue weighted by Gasteiger charge is -2.11. The van der Waals surface area contributed by atoms with E-state index >= 15 is 0 Å². The Labute approximate surface area is 71.0 Å². The average Bonchev–Trinajstić information content (AvgIpc) is 2.58. The Bertz CT molecular complexity index is 269. The third kappa shape index (κ3) is 1.22. The lowest BCUT2D eigenvalue weighted by molar-refractivity contribution is 0.658. The van der Waals surface area contributed by atoms with Crippen LogP contribution in [0.25, 0.3) is 0 Å². The van der Waals surface area contributed by atoms with Gasteiger partial charge in [-0.1, -0.05) is 6.92 Å². The summed E-state index contributed by atoms with van der Waals surface area (Å²) in [5.74, 6) is 1.87.